The van der Waals surface area contributed by atoms with Crippen LogP contribution in [0.2, 0.25) is 5.02 Å². The molecule has 0 aliphatic carbocycles. The number of benzene rings is 2. The van der Waals surface area contributed by atoms with E-state index >= 15 is 0 Å². The minimum Gasteiger partial charge on any atom is -0.307 e. The van der Waals surface area contributed by atoms with Crippen molar-refractivity contribution in [3.8, 4) is 0 Å². The fourth-order valence-corrected chi connectivity index (χ4v) is 2.64. The molecule has 2 aromatic carbocycles. The van der Waals surface area contributed by atoms with Gasteiger partial charge in [-0.05, 0) is 35.4 Å². The second-order valence-corrected chi connectivity index (χ2v) is 5.36. The molecule has 108 valence electrons. The van der Waals surface area contributed by atoms with Gasteiger partial charge in [0, 0.05) is 17.3 Å². The van der Waals surface area contributed by atoms with E-state index in [1.54, 1.807) is 4.90 Å². The molecule has 0 bridgehead atoms. The van der Waals surface area contributed by atoms with Crippen molar-refractivity contribution in [1.82, 2.24) is 5.32 Å². The molecule has 1 aliphatic rings. The summed E-state index contributed by atoms with van der Waals surface area (Å²) < 4.78 is 13.4. The van der Waals surface area contributed by atoms with Crippen LogP contribution in [0.15, 0.2) is 42.5 Å². The summed E-state index contributed by atoms with van der Waals surface area (Å²) >= 11 is 6.11. The monoisotopic (exact) mass is 304 g/mol. The fraction of sp³-hybridized carbons (Fsp3) is 0.188. The third kappa shape index (κ3) is 2.91. The van der Waals surface area contributed by atoms with Gasteiger partial charge >= 0.3 is 0 Å². The van der Waals surface area contributed by atoms with Crippen LogP contribution in [0.3, 0.4) is 0 Å². The van der Waals surface area contributed by atoms with Gasteiger partial charge in [0.15, 0.2) is 0 Å². The van der Waals surface area contributed by atoms with E-state index in [-0.39, 0.29) is 24.8 Å². The Morgan fingerprint density at radius 3 is 2.86 bits per heavy atom. The van der Waals surface area contributed by atoms with Crippen LogP contribution in [-0.4, -0.2) is 12.5 Å². The molecular weight excluding hydrogens is 291 g/mol. The molecular formula is C16H14ClFN2O. The highest BCUT2D eigenvalue weighted by molar-refractivity contribution is 6.31. The summed E-state index contributed by atoms with van der Waals surface area (Å²) in [4.78, 5) is 14.0. The molecule has 0 atom stereocenters. The molecule has 5 heteroatoms. The van der Waals surface area contributed by atoms with Gasteiger partial charge in [0.1, 0.15) is 5.82 Å². The van der Waals surface area contributed by atoms with Crippen LogP contribution in [-0.2, 0) is 17.9 Å². The van der Waals surface area contributed by atoms with Crippen molar-refractivity contribution in [1.29, 1.82) is 0 Å². The van der Waals surface area contributed by atoms with Gasteiger partial charge in [-0.1, -0.05) is 29.8 Å². The Bertz CT molecular complexity index is 690. The Labute approximate surface area is 127 Å². The maximum atomic E-state index is 13.4. The van der Waals surface area contributed by atoms with Gasteiger partial charge in [-0.3, -0.25) is 4.79 Å². The smallest absolute Gasteiger partial charge is 0.241 e. The molecule has 0 aromatic heterocycles. The summed E-state index contributed by atoms with van der Waals surface area (Å²) in [5, 5.41) is 3.55. The van der Waals surface area contributed by atoms with Crippen molar-refractivity contribution in [2.45, 2.75) is 13.1 Å². The van der Waals surface area contributed by atoms with Crippen LogP contribution in [0, 0.1) is 5.82 Å². The number of nitrogens with one attached hydrogen (secondary N) is 1. The third-order valence-corrected chi connectivity index (χ3v) is 3.88. The van der Waals surface area contributed by atoms with Crippen LogP contribution in [0.5, 0.6) is 0 Å². The Balaban J connectivity index is 2.00. The number of nitrogens with zero attached hydrogens (tertiary/aromatic N) is 1. The Kier molecular flexibility index (Phi) is 3.90. The molecule has 1 aliphatic heterocycles. The highest BCUT2D eigenvalue weighted by Gasteiger charge is 2.22. The summed E-state index contributed by atoms with van der Waals surface area (Å²) in [6.45, 7) is 1.14. The van der Waals surface area contributed by atoms with Crippen molar-refractivity contribution in [3.63, 3.8) is 0 Å². The zero-order valence-corrected chi connectivity index (χ0v) is 12.0. The minimum atomic E-state index is -0.358. The molecule has 3 rings (SSSR count). The number of carbonyl (C=O) groups excluding carboxylic acids is 1. The first-order valence-electron chi connectivity index (χ1n) is 6.68. The maximum absolute atomic E-state index is 13.4. The van der Waals surface area contributed by atoms with Gasteiger partial charge in [-0.15, -0.1) is 0 Å². The van der Waals surface area contributed by atoms with Crippen LogP contribution in [0.1, 0.15) is 11.1 Å². The predicted octanol–water partition coefficient (Wildman–Crippen LogP) is 3.12. The molecule has 0 fully saturated rings. The molecule has 1 amide bonds. The second-order valence-electron chi connectivity index (χ2n) is 4.95. The first-order chi connectivity index (χ1) is 10.1. The summed E-state index contributed by atoms with van der Waals surface area (Å²) in [5.74, 6) is -0.414. The molecule has 0 spiro atoms. The number of hydrogen-bond acceptors (Lipinski definition) is 2. The van der Waals surface area contributed by atoms with E-state index in [9.17, 15) is 9.18 Å². The van der Waals surface area contributed by atoms with Crippen LogP contribution >= 0.6 is 11.6 Å². The summed E-state index contributed by atoms with van der Waals surface area (Å²) in [6.07, 6.45) is 0. The second kappa shape index (κ2) is 5.84. The molecule has 21 heavy (non-hydrogen) atoms. The number of fused-ring (bicyclic) bond motifs is 1. The SMILES string of the molecule is O=C1CNCc2ccccc2N1Cc1cc(F)ccc1Cl. The number of amides is 1. The van der Waals surface area contributed by atoms with Gasteiger partial charge in [0.05, 0.1) is 13.1 Å². The Morgan fingerprint density at radius 2 is 2.00 bits per heavy atom. The summed E-state index contributed by atoms with van der Waals surface area (Å²) in [5.41, 5.74) is 2.48. The normalized spacial score (nSPS) is 14.8. The van der Waals surface area contributed by atoms with Crippen molar-refractivity contribution >= 4 is 23.2 Å². The highest BCUT2D eigenvalue weighted by Crippen LogP contribution is 2.27. The van der Waals surface area contributed by atoms with Crippen LogP contribution in [0.25, 0.3) is 0 Å². The number of hydrogen-bond donors (Lipinski definition) is 1. The largest absolute Gasteiger partial charge is 0.307 e. The van der Waals surface area contributed by atoms with Crippen LogP contribution in [0.4, 0.5) is 10.1 Å². The highest BCUT2D eigenvalue weighted by atomic mass is 35.5. The molecule has 1 heterocycles. The molecule has 2 aromatic rings. The van der Waals surface area contributed by atoms with E-state index in [2.05, 4.69) is 5.32 Å². The first-order valence-corrected chi connectivity index (χ1v) is 7.06. The molecule has 0 radical (unpaired) electrons. The van der Waals surface area contributed by atoms with Gasteiger partial charge in [0.25, 0.3) is 0 Å². The number of para-hydroxylation sites is 1. The summed E-state index contributed by atoms with van der Waals surface area (Å²) in [6, 6.07) is 11.9. The maximum Gasteiger partial charge on any atom is 0.241 e. The Morgan fingerprint density at radius 1 is 1.19 bits per heavy atom. The topological polar surface area (TPSA) is 32.3 Å². The van der Waals surface area contributed by atoms with Crippen LogP contribution < -0.4 is 10.2 Å². The fourth-order valence-electron chi connectivity index (χ4n) is 2.47. The van der Waals surface area contributed by atoms with Gasteiger partial charge in [-0.2, -0.15) is 0 Å². The quantitative estimate of drug-likeness (QED) is 0.924. The van der Waals surface area contributed by atoms with E-state index in [1.165, 1.54) is 18.2 Å². The van der Waals surface area contributed by atoms with Gasteiger partial charge < -0.3 is 10.2 Å². The number of anilines is 1. The third-order valence-electron chi connectivity index (χ3n) is 3.51. The van der Waals surface area contributed by atoms with Gasteiger partial charge in [-0.25, -0.2) is 4.39 Å². The summed E-state index contributed by atoms with van der Waals surface area (Å²) in [7, 11) is 0. The first kappa shape index (κ1) is 14.0. The van der Waals surface area contributed by atoms with Crippen molar-refractivity contribution in [2.24, 2.45) is 0 Å². The van der Waals surface area contributed by atoms with Crippen molar-refractivity contribution in [3.05, 3.63) is 64.4 Å². The molecule has 1 N–H and O–H groups in total. The van der Waals surface area contributed by atoms with Crippen molar-refractivity contribution in [2.75, 3.05) is 11.4 Å². The average Bonchev–Trinajstić information content (AvgIpc) is 2.63. The molecule has 3 nitrogen and oxygen atoms in total. The predicted molar refractivity (Wildman–Crippen MR) is 80.7 cm³/mol. The van der Waals surface area contributed by atoms with Crippen molar-refractivity contribution < 1.29 is 9.18 Å². The lowest BCUT2D eigenvalue weighted by atomic mass is 10.1. The lowest BCUT2D eigenvalue weighted by molar-refractivity contribution is -0.117. The average molecular weight is 305 g/mol. The van der Waals surface area contributed by atoms with E-state index in [0.717, 1.165) is 11.3 Å². The number of rotatable bonds is 2. The van der Waals surface area contributed by atoms with Gasteiger partial charge in [0.2, 0.25) is 5.91 Å². The van der Waals surface area contributed by atoms with E-state index in [4.69, 9.17) is 11.6 Å². The molecule has 0 unspecified atom stereocenters. The zero-order valence-electron chi connectivity index (χ0n) is 11.3. The lowest BCUT2D eigenvalue weighted by Gasteiger charge is -2.23. The molecule has 0 saturated heterocycles. The van der Waals surface area contributed by atoms with E-state index in [1.807, 2.05) is 24.3 Å². The number of carbonyl (C=O) groups is 1. The lowest BCUT2D eigenvalue weighted by Crippen LogP contribution is -2.35. The zero-order chi connectivity index (χ0) is 14.8. The van der Waals surface area contributed by atoms with E-state index < -0.39 is 0 Å². The molecule has 0 saturated carbocycles. The minimum absolute atomic E-state index is 0.0553. The Hall–Kier alpha value is -1.91. The standard InChI is InChI=1S/C16H14ClFN2O/c17-14-6-5-13(18)7-12(14)10-20-15-4-2-1-3-11(15)8-19-9-16(20)21/h1-7,19H,8-10H2. The van der Waals surface area contributed by atoms with E-state index in [0.29, 0.717) is 17.1 Å². The number of halogens is 2.